The van der Waals surface area contributed by atoms with Gasteiger partial charge in [-0.2, -0.15) is 0 Å². The van der Waals surface area contributed by atoms with E-state index < -0.39 is 17.5 Å². The molecule has 0 fully saturated rings. The van der Waals surface area contributed by atoms with E-state index >= 15 is 0 Å². The second kappa shape index (κ2) is 9.08. The Balaban J connectivity index is 1.79. The summed E-state index contributed by atoms with van der Waals surface area (Å²) in [6, 6.07) is 10.6. The maximum Gasteiger partial charge on any atom is 0.254 e. The average molecular weight is 360 g/mol. The van der Waals surface area contributed by atoms with Crippen molar-refractivity contribution in [1.82, 2.24) is 10.6 Å². The lowest BCUT2D eigenvalue weighted by molar-refractivity contribution is -0.121. The van der Waals surface area contributed by atoms with E-state index in [1.165, 1.54) is 5.56 Å². The van der Waals surface area contributed by atoms with Gasteiger partial charge < -0.3 is 10.6 Å². The highest BCUT2D eigenvalue weighted by atomic mass is 19.1. The van der Waals surface area contributed by atoms with E-state index in [0.717, 1.165) is 24.1 Å². The molecule has 26 heavy (non-hydrogen) atoms. The van der Waals surface area contributed by atoms with Gasteiger partial charge in [0.05, 0.1) is 11.6 Å². The molecular formula is C20H22F2N2O2. The second-order valence-electron chi connectivity index (χ2n) is 6.01. The van der Waals surface area contributed by atoms with Crippen molar-refractivity contribution < 1.29 is 18.4 Å². The molecule has 4 nitrogen and oxygen atoms in total. The predicted octanol–water partition coefficient (Wildman–Crippen LogP) is 3.52. The molecule has 0 aromatic heterocycles. The Hall–Kier alpha value is -2.76. The van der Waals surface area contributed by atoms with Crippen molar-refractivity contribution in [2.24, 2.45) is 0 Å². The van der Waals surface area contributed by atoms with Crippen LogP contribution in [-0.2, 0) is 11.2 Å². The zero-order valence-corrected chi connectivity index (χ0v) is 14.8. The molecule has 2 aromatic rings. The molecule has 0 spiro atoms. The number of benzene rings is 2. The fourth-order valence-corrected chi connectivity index (χ4v) is 2.50. The maximum atomic E-state index is 13.5. The van der Waals surface area contributed by atoms with Crippen molar-refractivity contribution in [3.63, 3.8) is 0 Å². The number of nitrogens with one attached hydrogen (secondary N) is 2. The molecule has 0 bridgehead atoms. The number of carbonyl (C=O) groups excluding carboxylic acids is 2. The van der Waals surface area contributed by atoms with E-state index in [9.17, 15) is 18.4 Å². The number of hydrogen-bond donors (Lipinski definition) is 2. The van der Waals surface area contributed by atoms with Gasteiger partial charge in [-0.05, 0) is 36.6 Å². The fourth-order valence-electron chi connectivity index (χ4n) is 2.50. The molecule has 0 saturated carbocycles. The molecule has 2 N–H and O–H groups in total. The molecule has 138 valence electrons. The number of hydrogen-bond acceptors (Lipinski definition) is 2. The maximum absolute atomic E-state index is 13.5. The normalized spacial score (nSPS) is 11.7. The number of amides is 2. The Morgan fingerprint density at radius 2 is 1.77 bits per heavy atom. The van der Waals surface area contributed by atoms with E-state index in [2.05, 4.69) is 17.6 Å². The summed E-state index contributed by atoms with van der Waals surface area (Å²) in [5, 5.41) is 5.31. The molecule has 0 radical (unpaired) electrons. The summed E-state index contributed by atoms with van der Waals surface area (Å²) in [6.45, 7) is 4.01. The molecule has 0 aliphatic heterocycles. The van der Waals surface area contributed by atoms with Crippen LogP contribution < -0.4 is 10.6 Å². The van der Waals surface area contributed by atoms with E-state index in [0.29, 0.717) is 6.07 Å². The van der Waals surface area contributed by atoms with Gasteiger partial charge in [0.2, 0.25) is 5.91 Å². The summed E-state index contributed by atoms with van der Waals surface area (Å²) in [5.74, 6) is -2.59. The highest BCUT2D eigenvalue weighted by molar-refractivity contribution is 5.94. The fraction of sp³-hybridized carbons (Fsp3) is 0.300. The van der Waals surface area contributed by atoms with E-state index in [1.54, 1.807) is 0 Å². The van der Waals surface area contributed by atoms with Crippen LogP contribution in [-0.4, -0.2) is 18.4 Å². The Labute approximate surface area is 151 Å². The first-order valence-corrected chi connectivity index (χ1v) is 8.52. The molecule has 0 heterocycles. The zero-order chi connectivity index (χ0) is 19.1. The third-order valence-corrected chi connectivity index (χ3v) is 4.08. The van der Waals surface area contributed by atoms with E-state index in [-0.39, 0.29) is 30.5 Å². The first-order valence-electron chi connectivity index (χ1n) is 8.52. The summed E-state index contributed by atoms with van der Waals surface area (Å²) in [6.07, 6.45) is 1.02. The summed E-state index contributed by atoms with van der Waals surface area (Å²) in [5.41, 5.74) is 1.96. The molecule has 0 aliphatic rings. The molecule has 1 unspecified atom stereocenters. The number of halogens is 2. The zero-order valence-electron chi connectivity index (χ0n) is 14.8. The van der Waals surface area contributed by atoms with Crippen molar-refractivity contribution in [3.05, 3.63) is 70.8 Å². The van der Waals surface area contributed by atoms with Crippen molar-refractivity contribution in [2.45, 2.75) is 32.7 Å². The Morgan fingerprint density at radius 3 is 2.38 bits per heavy atom. The molecule has 0 aliphatic carbocycles. The molecule has 0 saturated heterocycles. The van der Waals surface area contributed by atoms with Crippen LogP contribution in [0.15, 0.2) is 42.5 Å². The quantitative estimate of drug-likeness (QED) is 0.794. The molecular weight excluding hydrogens is 338 g/mol. The number of carbonyl (C=O) groups is 2. The first-order chi connectivity index (χ1) is 12.4. The van der Waals surface area contributed by atoms with Crippen LogP contribution in [0, 0.1) is 11.6 Å². The van der Waals surface area contributed by atoms with Crippen molar-refractivity contribution in [1.29, 1.82) is 0 Å². The van der Waals surface area contributed by atoms with E-state index in [4.69, 9.17) is 0 Å². The Bertz CT molecular complexity index is 776. The lowest BCUT2D eigenvalue weighted by atomic mass is 10.0. The predicted molar refractivity (Wildman–Crippen MR) is 95.7 cm³/mol. The van der Waals surface area contributed by atoms with Crippen molar-refractivity contribution in [3.8, 4) is 0 Å². The topological polar surface area (TPSA) is 58.2 Å². The minimum absolute atomic E-state index is 0.0585. The largest absolute Gasteiger partial charge is 0.351 e. The molecule has 6 heteroatoms. The van der Waals surface area contributed by atoms with Crippen molar-refractivity contribution in [2.75, 3.05) is 6.54 Å². The Morgan fingerprint density at radius 1 is 1.08 bits per heavy atom. The van der Waals surface area contributed by atoms with Gasteiger partial charge >= 0.3 is 0 Å². The van der Waals surface area contributed by atoms with Gasteiger partial charge in [0.1, 0.15) is 11.6 Å². The second-order valence-corrected chi connectivity index (χ2v) is 6.01. The summed E-state index contributed by atoms with van der Waals surface area (Å²) in [7, 11) is 0. The minimum atomic E-state index is -0.934. The van der Waals surface area contributed by atoms with Crippen LogP contribution in [0.1, 0.15) is 47.8 Å². The lowest BCUT2D eigenvalue weighted by Gasteiger charge is -2.15. The highest BCUT2D eigenvalue weighted by Gasteiger charge is 2.13. The molecule has 2 rings (SSSR count). The van der Waals surface area contributed by atoms with Gasteiger partial charge in [-0.25, -0.2) is 8.78 Å². The smallest absolute Gasteiger partial charge is 0.254 e. The number of rotatable bonds is 7. The Kier molecular flexibility index (Phi) is 6.83. The van der Waals surface area contributed by atoms with Crippen molar-refractivity contribution >= 4 is 11.8 Å². The van der Waals surface area contributed by atoms with Crippen LogP contribution in [0.5, 0.6) is 0 Å². The van der Waals surface area contributed by atoms with Crippen LogP contribution >= 0.6 is 0 Å². The third kappa shape index (κ3) is 5.37. The average Bonchev–Trinajstić information content (AvgIpc) is 2.61. The van der Waals surface area contributed by atoms with Gasteiger partial charge in [-0.1, -0.05) is 31.2 Å². The van der Waals surface area contributed by atoms with E-state index in [1.807, 2.05) is 31.2 Å². The summed E-state index contributed by atoms with van der Waals surface area (Å²) in [4.78, 5) is 23.9. The lowest BCUT2D eigenvalue weighted by Crippen LogP contribution is -2.32. The first kappa shape index (κ1) is 19.6. The summed E-state index contributed by atoms with van der Waals surface area (Å²) < 4.78 is 26.4. The van der Waals surface area contributed by atoms with Crippen LogP contribution in [0.25, 0.3) is 0 Å². The standard InChI is InChI=1S/C20H22F2N2O2/c1-3-14-4-6-15(7-5-14)13(2)24-19(25)10-11-23-20(26)17-9-8-16(21)12-18(17)22/h4-9,12-13H,3,10-11H2,1-2H3,(H,23,26)(H,24,25). The van der Waals surface area contributed by atoms with Gasteiger partial charge in [-0.15, -0.1) is 0 Å². The van der Waals surface area contributed by atoms with Gasteiger partial charge in [0.25, 0.3) is 5.91 Å². The highest BCUT2D eigenvalue weighted by Crippen LogP contribution is 2.14. The van der Waals surface area contributed by atoms with Crippen LogP contribution in [0.4, 0.5) is 8.78 Å². The molecule has 2 aromatic carbocycles. The van der Waals surface area contributed by atoms with Gasteiger partial charge in [0, 0.05) is 19.0 Å². The molecule has 1 atom stereocenters. The monoisotopic (exact) mass is 360 g/mol. The minimum Gasteiger partial charge on any atom is -0.351 e. The number of aryl methyl sites for hydroxylation is 1. The molecule has 2 amide bonds. The van der Waals surface area contributed by atoms with Crippen LogP contribution in [0.3, 0.4) is 0 Å². The van der Waals surface area contributed by atoms with Gasteiger partial charge in [-0.3, -0.25) is 9.59 Å². The third-order valence-electron chi connectivity index (χ3n) is 4.08. The SMILES string of the molecule is CCc1ccc(C(C)NC(=O)CCNC(=O)c2ccc(F)cc2F)cc1. The summed E-state index contributed by atoms with van der Waals surface area (Å²) >= 11 is 0. The van der Waals surface area contributed by atoms with Crippen LogP contribution in [0.2, 0.25) is 0 Å². The van der Waals surface area contributed by atoms with Gasteiger partial charge in [0.15, 0.2) is 0 Å².